The lowest BCUT2D eigenvalue weighted by molar-refractivity contribution is 0.948. The van der Waals surface area contributed by atoms with Crippen molar-refractivity contribution in [2.24, 2.45) is 9.98 Å². The maximum atomic E-state index is 9.23. The van der Waals surface area contributed by atoms with Crippen LogP contribution in [0.4, 0.5) is 0 Å². The van der Waals surface area contributed by atoms with Crippen LogP contribution in [0.5, 0.6) is 0 Å². The standard InChI is InChI=1S/C11H9ClN6/c1-14-11-17-9(16-10(12)18-11)7(6-13)8-4-2-3-5-15-8/h2-5H,1H3,(H2,14,16,17,18)/b9-7-. The Morgan fingerprint density at radius 1 is 1.44 bits per heavy atom. The van der Waals surface area contributed by atoms with E-state index in [9.17, 15) is 5.26 Å². The predicted octanol–water partition coefficient (Wildman–Crippen LogP) is 1.05. The number of allylic oxidation sites excluding steroid dienone is 1. The largest absolute Gasteiger partial charge is 0.315 e. The molecule has 1 aromatic heterocycles. The maximum Gasteiger partial charge on any atom is 0.226 e. The third kappa shape index (κ3) is 2.47. The van der Waals surface area contributed by atoms with Crippen molar-refractivity contribution in [2.45, 2.75) is 0 Å². The van der Waals surface area contributed by atoms with Crippen LogP contribution in [0, 0.1) is 11.3 Å². The van der Waals surface area contributed by atoms with E-state index in [-0.39, 0.29) is 5.29 Å². The number of halogens is 1. The summed E-state index contributed by atoms with van der Waals surface area (Å²) in [7, 11) is 1.58. The highest BCUT2D eigenvalue weighted by molar-refractivity contribution is 6.65. The van der Waals surface area contributed by atoms with Crippen LogP contribution in [0.1, 0.15) is 5.69 Å². The lowest BCUT2D eigenvalue weighted by Gasteiger charge is -2.18. The summed E-state index contributed by atoms with van der Waals surface area (Å²) < 4.78 is 0. The Labute approximate surface area is 109 Å². The second kappa shape index (κ2) is 5.29. The Kier molecular flexibility index (Phi) is 3.55. The first kappa shape index (κ1) is 12.1. The first-order valence-corrected chi connectivity index (χ1v) is 5.43. The van der Waals surface area contributed by atoms with Gasteiger partial charge in [-0.15, -0.1) is 0 Å². The molecule has 6 nitrogen and oxygen atoms in total. The molecule has 0 fully saturated rings. The van der Waals surface area contributed by atoms with E-state index in [1.54, 1.807) is 31.4 Å². The quantitative estimate of drug-likeness (QED) is 0.584. The summed E-state index contributed by atoms with van der Waals surface area (Å²) in [6.45, 7) is 0. The number of rotatable bonds is 1. The molecule has 7 heteroatoms. The normalized spacial score (nSPS) is 19.4. The van der Waals surface area contributed by atoms with Crippen LogP contribution in [0.15, 0.2) is 40.2 Å². The second-order valence-electron chi connectivity index (χ2n) is 3.28. The maximum absolute atomic E-state index is 9.23. The first-order chi connectivity index (χ1) is 8.74. The van der Waals surface area contributed by atoms with Crippen LogP contribution < -0.4 is 10.6 Å². The van der Waals surface area contributed by atoms with Crippen molar-refractivity contribution in [1.29, 1.82) is 5.26 Å². The van der Waals surface area contributed by atoms with Crippen molar-refractivity contribution in [2.75, 3.05) is 7.05 Å². The molecule has 2 N–H and O–H groups in total. The van der Waals surface area contributed by atoms with E-state index in [1.165, 1.54) is 0 Å². The molecule has 0 aliphatic carbocycles. The van der Waals surface area contributed by atoms with Crippen LogP contribution >= 0.6 is 11.6 Å². The Hall–Kier alpha value is -2.39. The molecule has 0 unspecified atom stereocenters. The molecule has 0 aromatic carbocycles. The summed E-state index contributed by atoms with van der Waals surface area (Å²) >= 11 is 5.83. The average Bonchev–Trinajstić information content (AvgIpc) is 2.40. The van der Waals surface area contributed by atoms with Gasteiger partial charge >= 0.3 is 0 Å². The zero-order valence-electron chi connectivity index (χ0n) is 9.48. The number of guanidine groups is 1. The highest BCUT2D eigenvalue weighted by atomic mass is 35.5. The topological polar surface area (TPSA) is 85.5 Å². The van der Waals surface area contributed by atoms with Crippen molar-refractivity contribution < 1.29 is 0 Å². The van der Waals surface area contributed by atoms with E-state index in [4.69, 9.17) is 11.6 Å². The number of pyridine rings is 1. The fourth-order valence-corrected chi connectivity index (χ4v) is 1.55. The highest BCUT2D eigenvalue weighted by Crippen LogP contribution is 2.14. The number of hydrogen-bond acceptors (Lipinski definition) is 4. The lowest BCUT2D eigenvalue weighted by atomic mass is 10.2. The van der Waals surface area contributed by atoms with Gasteiger partial charge in [-0.05, 0) is 23.7 Å². The molecule has 0 bridgehead atoms. The molecule has 0 amide bonds. The minimum absolute atomic E-state index is 0.146. The average molecular weight is 261 g/mol. The molecule has 0 saturated heterocycles. The van der Waals surface area contributed by atoms with Crippen LogP contribution in [-0.2, 0) is 0 Å². The third-order valence-electron chi connectivity index (χ3n) is 2.16. The molecular weight excluding hydrogens is 252 g/mol. The Morgan fingerprint density at radius 3 is 2.89 bits per heavy atom. The minimum Gasteiger partial charge on any atom is -0.315 e. The number of aromatic nitrogens is 1. The number of nitriles is 1. The van der Waals surface area contributed by atoms with Gasteiger partial charge in [-0.3, -0.25) is 9.98 Å². The fourth-order valence-electron chi connectivity index (χ4n) is 1.38. The summed E-state index contributed by atoms with van der Waals surface area (Å²) in [5.74, 6) is 0.745. The molecular formula is C11H9ClN6. The summed E-state index contributed by atoms with van der Waals surface area (Å²) in [5.41, 5.74) is 0.876. The summed E-state index contributed by atoms with van der Waals surface area (Å²) in [6, 6.07) is 7.39. The van der Waals surface area contributed by atoms with Gasteiger partial charge in [0.25, 0.3) is 0 Å². The number of nitrogens with zero attached hydrogens (tertiary/aromatic N) is 4. The molecule has 0 saturated carbocycles. The molecule has 2 rings (SSSR count). The zero-order valence-corrected chi connectivity index (χ0v) is 10.2. The fraction of sp³-hybridized carbons (Fsp3) is 0.0909. The van der Waals surface area contributed by atoms with Gasteiger partial charge in [0.1, 0.15) is 17.5 Å². The molecule has 90 valence electrons. The van der Waals surface area contributed by atoms with Crippen LogP contribution in [0.3, 0.4) is 0 Å². The number of nitrogens with one attached hydrogen (secondary N) is 2. The van der Waals surface area contributed by atoms with Gasteiger partial charge in [0.15, 0.2) is 0 Å². The van der Waals surface area contributed by atoms with E-state index < -0.39 is 0 Å². The minimum atomic E-state index is 0.146. The van der Waals surface area contributed by atoms with Crippen LogP contribution in [-0.4, -0.2) is 23.3 Å². The molecule has 1 aliphatic heterocycles. The SMILES string of the molecule is CN=C1N=C(Cl)N/C(=C(\C#N)c2ccccn2)N1. The number of hydrogen-bond donors (Lipinski definition) is 2. The van der Waals surface area contributed by atoms with Crippen molar-refractivity contribution in [3.8, 4) is 6.07 Å². The van der Waals surface area contributed by atoms with Crippen molar-refractivity contribution in [3.63, 3.8) is 0 Å². The molecule has 2 heterocycles. The summed E-state index contributed by atoms with van der Waals surface area (Å²) in [5, 5.41) is 15.0. The number of aliphatic imine (C=N–C) groups is 2. The monoisotopic (exact) mass is 260 g/mol. The van der Waals surface area contributed by atoms with Gasteiger partial charge < -0.3 is 10.6 Å². The third-order valence-corrected chi connectivity index (χ3v) is 2.34. The van der Waals surface area contributed by atoms with Gasteiger partial charge in [0, 0.05) is 13.2 Å². The lowest BCUT2D eigenvalue weighted by Crippen LogP contribution is -2.39. The molecule has 0 radical (unpaired) electrons. The number of amidine groups is 1. The zero-order chi connectivity index (χ0) is 13.0. The smallest absolute Gasteiger partial charge is 0.226 e. The van der Waals surface area contributed by atoms with Gasteiger partial charge in [0.2, 0.25) is 11.3 Å². The van der Waals surface area contributed by atoms with Gasteiger partial charge in [-0.2, -0.15) is 10.3 Å². The molecule has 18 heavy (non-hydrogen) atoms. The molecule has 0 spiro atoms. The summed E-state index contributed by atoms with van der Waals surface area (Å²) in [4.78, 5) is 11.9. The Bertz CT molecular complexity index is 581. The van der Waals surface area contributed by atoms with Gasteiger partial charge in [-0.25, -0.2) is 0 Å². The van der Waals surface area contributed by atoms with E-state index in [0.717, 1.165) is 0 Å². The van der Waals surface area contributed by atoms with E-state index in [0.29, 0.717) is 23.0 Å². The van der Waals surface area contributed by atoms with E-state index >= 15 is 0 Å². The first-order valence-electron chi connectivity index (χ1n) is 5.05. The van der Waals surface area contributed by atoms with E-state index in [2.05, 4.69) is 31.7 Å². The van der Waals surface area contributed by atoms with E-state index in [1.807, 2.05) is 0 Å². The Balaban J connectivity index is 2.47. The second-order valence-corrected chi connectivity index (χ2v) is 3.63. The van der Waals surface area contributed by atoms with Crippen LogP contribution in [0.2, 0.25) is 0 Å². The van der Waals surface area contributed by atoms with Crippen LogP contribution in [0.25, 0.3) is 5.57 Å². The summed E-state index contributed by atoms with van der Waals surface area (Å²) in [6.07, 6.45) is 1.61. The molecule has 1 aliphatic rings. The predicted molar refractivity (Wildman–Crippen MR) is 69.7 cm³/mol. The van der Waals surface area contributed by atoms with Gasteiger partial charge in [-0.1, -0.05) is 6.07 Å². The molecule has 1 aromatic rings. The molecule has 0 atom stereocenters. The van der Waals surface area contributed by atoms with Crippen molar-refractivity contribution in [3.05, 3.63) is 35.9 Å². The highest BCUT2D eigenvalue weighted by Gasteiger charge is 2.17. The van der Waals surface area contributed by atoms with Crippen molar-refractivity contribution in [1.82, 2.24) is 15.6 Å². The Morgan fingerprint density at radius 2 is 2.28 bits per heavy atom. The van der Waals surface area contributed by atoms with Crippen molar-refractivity contribution >= 4 is 28.4 Å². The van der Waals surface area contributed by atoms with Gasteiger partial charge in [0.05, 0.1) is 5.69 Å².